The molecule has 0 saturated heterocycles. The van der Waals surface area contributed by atoms with E-state index in [0.29, 0.717) is 0 Å². The Labute approximate surface area is 79.8 Å². The van der Waals surface area contributed by atoms with E-state index in [1.165, 1.54) is 11.1 Å². The smallest absolute Gasteiger partial charge is 0.0558 e. The van der Waals surface area contributed by atoms with Crippen molar-refractivity contribution in [1.29, 1.82) is 0 Å². The zero-order valence-corrected chi connectivity index (χ0v) is 8.33. The van der Waals surface area contributed by atoms with E-state index in [1.807, 2.05) is 13.1 Å². The second-order valence-electron chi connectivity index (χ2n) is 3.39. The summed E-state index contributed by atoms with van der Waals surface area (Å²) >= 11 is 0. The van der Waals surface area contributed by atoms with Crippen molar-refractivity contribution in [3.63, 3.8) is 0 Å². The van der Waals surface area contributed by atoms with Gasteiger partial charge in [-0.1, -0.05) is 24.3 Å². The van der Waals surface area contributed by atoms with Crippen LogP contribution in [-0.4, -0.2) is 30.2 Å². The van der Waals surface area contributed by atoms with Crippen molar-refractivity contribution in [2.45, 2.75) is 13.5 Å². The minimum Gasteiger partial charge on any atom is -0.395 e. The number of nitrogens with zero attached hydrogens (tertiary/aromatic N) is 1. The molecule has 0 atom stereocenters. The largest absolute Gasteiger partial charge is 0.395 e. The molecule has 0 radical (unpaired) electrons. The van der Waals surface area contributed by atoms with Gasteiger partial charge in [0.2, 0.25) is 0 Å². The van der Waals surface area contributed by atoms with Crippen LogP contribution in [-0.2, 0) is 6.54 Å². The lowest BCUT2D eigenvalue weighted by Gasteiger charge is -2.16. The topological polar surface area (TPSA) is 23.5 Å². The van der Waals surface area contributed by atoms with E-state index < -0.39 is 0 Å². The molecule has 1 N–H and O–H groups in total. The first kappa shape index (κ1) is 10.2. The van der Waals surface area contributed by atoms with E-state index in [9.17, 15) is 0 Å². The summed E-state index contributed by atoms with van der Waals surface area (Å²) < 4.78 is 0. The van der Waals surface area contributed by atoms with Crippen molar-refractivity contribution in [3.05, 3.63) is 35.4 Å². The molecule has 13 heavy (non-hydrogen) atoms. The van der Waals surface area contributed by atoms with Gasteiger partial charge in [-0.3, -0.25) is 4.90 Å². The third-order valence-electron chi connectivity index (χ3n) is 2.18. The molecule has 0 amide bonds. The highest BCUT2D eigenvalue weighted by molar-refractivity contribution is 5.25. The number of likely N-dealkylation sites (N-methyl/N-ethyl adjacent to an activating group) is 1. The zero-order valence-electron chi connectivity index (χ0n) is 8.33. The molecule has 0 heterocycles. The quantitative estimate of drug-likeness (QED) is 0.755. The maximum Gasteiger partial charge on any atom is 0.0558 e. The lowest BCUT2D eigenvalue weighted by molar-refractivity contribution is 0.217. The SMILES string of the molecule is Cc1ccccc1CN(C)CCO. The van der Waals surface area contributed by atoms with Crippen molar-refractivity contribution in [2.75, 3.05) is 20.2 Å². The van der Waals surface area contributed by atoms with Crippen molar-refractivity contribution >= 4 is 0 Å². The number of rotatable bonds is 4. The average molecular weight is 179 g/mol. The Balaban J connectivity index is 2.58. The standard InChI is InChI=1S/C11H17NO/c1-10-5-3-4-6-11(10)9-12(2)7-8-13/h3-6,13H,7-9H2,1-2H3. The van der Waals surface area contributed by atoms with Gasteiger partial charge in [0.05, 0.1) is 6.61 Å². The fourth-order valence-electron chi connectivity index (χ4n) is 1.33. The summed E-state index contributed by atoms with van der Waals surface area (Å²) in [5.74, 6) is 0. The Bertz CT molecular complexity index is 260. The molecule has 1 rings (SSSR count). The normalized spacial score (nSPS) is 10.8. The number of aliphatic hydroxyl groups is 1. The van der Waals surface area contributed by atoms with Crippen molar-refractivity contribution in [1.82, 2.24) is 4.90 Å². The average Bonchev–Trinajstić information content (AvgIpc) is 2.09. The number of benzene rings is 1. The molecule has 1 aromatic rings. The monoisotopic (exact) mass is 179 g/mol. The van der Waals surface area contributed by atoms with Gasteiger partial charge >= 0.3 is 0 Å². The van der Waals surface area contributed by atoms with E-state index >= 15 is 0 Å². The molecule has 0 saturated carbocycles. The minimum atomic E-state index is 0.225. The van der Waals surface area contributed by atoms with Crippen molar-refractivity contribution in [3.8, 4) is 0 Å². The van der Waals surface area contributed by atoms with Crippen LogP contribution in [0.1, 0.15) is 11.1 Å². The molecule has 72 valence electrons. The first-order valence-corrected chi connectivity index (χ1v) is 4.58. The van der Waals surface area contributed by atoms with Crippen LogP contribution in [0, 0.1) is 6.92 Å². The van der Waals surface area contributed by atoms with Crippen LogP contribution in [0.3, 0.4) is 0 Å². The number of aryl methyl sites for hydroxylation is 1. The fourth-order valence-corrected chi connectivity index (χ4v) is 1.33. The Morgan fingerprint density at radius 1 is 1.31 bits per heavy atom. The molecule has 0 aliphatic heterocycles. The lowest BCUT2D eigenvalue weighted by atomic mass is 10.1. The molecule has 0 spiro atoms. The molecular weight excluding hydrogens is 162 g/mol. The first-order valence-electron chi connectivity index (χ1n) is 4.58. The zero-order chi connectivity index (χ0) is 9.68. The summed E-state index contributed by atoms with van der Waals surface area (Å²) in [4.78, 5) is 2.11. The van der Waals surface area contributed by atoms with E-state index in [2.05, 4.69) is 30.0 Å². The predicted octanol–water partition coefficient (Wildman–Crippen LogP) is 1.42. The highest BCUT2D eigenvalue weighted by atomic mass is 16.3. The van der Waals surface area contributed by atoms with Crippen molar-refractivity contribution < 1.29 is 5.11 Å². The van der Waals surface area contributed by atoms with Crippen LogP contribution < -0.4 is 0 Å². The Hall–Kier alpha value is -0.860. The Kier molecular flexibility index (Phi) is 3.93. The maximum absolute atomic E-state index is 8.74. The second-order valence-corrected chi connectivity index (χ2v) is 3.39. The highest BCUT2D eigenvalue weighted by Crippen LogP contribution is 2.08. The lowest BCUT2D eigenvalue weighted by Crippen LogP contribution is -2.21. The van der Waals surface area contributed by atoms with E-state index in [0.717, 1.165) is 13.1 Å². The second kappa shape index (κ2) is 5.00. The highest BCUT2D eigenvalue weighted by Gasteiger charge is 2.00. The van der Waals surface area contributed by atoms with Crippen LogP contribution in [0.2, 0.25) is 0 Å². The van der Waals surface area contributed by atoms with Gasteiger partial charge in [0.25, 0.3) is 0 Å². The molecule has 0 aromatic heterocycles. The predicted molar refractivity (Wildman–Crippen MR) is 54.6 cm³/mol. The molecule has 0 aliphatic rings. The summed E-state index contributed by atoms with van der Waals surface area (Å²) in [7, 11) is 2.02. The van der Waals surface area contributed by atoms with Crippen LogP contribution >= 0.6 is 0 Å². The molecule has 0 unspecified atom stereocenters. The summed E-state index contributed by atoms with van der Waals surface area (Å²) in [6.45, 7) is 3.98. The van der Waals surface area contributed by atoms with Gasteiger partial charge in [-0.05, 0) is 25.1 Å². The summed E-state index contributed by atoms with van der Waals surface area (Å²) in [5.41, 5.74) is 2.64. The van der Waals surface area contributed by atoms with E-state index in [4.69, 9.17) is 5.11 Å². The number of hydrogen-bond acceptors (Lipinski definition) is 2. The van der Waals surface area contributed by atoms with Gasteiger partial charge < -0.3 is 5.11 Å². The Morgan fingerprint density at radius 3 is 2.62 bits per heavy atom. The molecular formula is C11H17NO. The molecule has 2 nitrogen and oxygen atoms in total. The van der Waals surface area contributed by atoms with Gasteiger partial charge in [-0.2, -0.15) is 0 Å². The van der Waals surface area contributed by atoms with Crippen molar-refractivity contribution in [2.24, 2.45) is 0 Å². The number of hydrogen-bond donors (Lipinski definition) is 1. The van der Waals surface area contributed by atoms with Gasteiger partial charge in [-0.25, -0.2) is 0 Å². The summed E-state index contributed by atoms with van der Waals surface area (Å²) in [6, 6.07) is 8.34. The number of aliphatic hydroxyl groups excluding tert-OH is 1. The summed E-state index contributed by atoms with van der Waals surface area (Å²) in [5, 5.41) is 8.74. The maximum atomic E-state index is 8.74. The van der Waals surface area contributed by atoms with Crippen LogP contribution in [0.25, 0.3) is 0 Å². The molecule has 0 bridgehead atoms. The Morgan fingerprint density at radius 2 is 2.00 bits per heavy atom. The third-order valence-corrected chi connectivity index (χ3v) is 2.18. The van der Waals surface area contributed by atoms with Gasteiger partial charge in [-0.15, -0.1) is 0 Å². The van der Waals surface area contributed by atoms with E-state index in [1.54, 1.807) is 0 Å². The van der Waals surface area contributed by atoms with Crippen LogP contribution in [0.5, 0.6) is 0 Å². The molecule has 2 heteroatoms. The summed E-state index contributed by atoms with van der Waals surface area (Å²) in [6.07, 6.45) is 0. The van der Waals surface area contributed by atoms with Gasteiger partial charge in [0, 0.05) is 13.1 Å². The van der Waals surface area contributed by atoms with Crippen LogP contribution in [0.15, 0.2) is 24.3 Å². The molecule has 0 fully saturated rings. The van der Waals surface area contributed by atoms with Gasteiger partial charge in [0.1, 0.15) is 0 Å². The fraction of sp³-hybridized carbons (Fsp3) is 0.455. The van der Waals surface area contributed by atoms with E-state index in [-0.39, 0.29) is 6.61 Å². The molecule has 0 aliphatic carbocycles. The first-order chi connectivity index (χ1) is 6.24. The van der Waals surface area contributed by atoms with Crippen LogP contribution in [0.4, 0.5) is 0 Å². The molecule has 1 aromatic carbocycles. The van der Waals surface area contributed by atoms with Gasteiger partial charge in [0.15, 0.2) is 0 Å². The third kappa shape index (κ3) is 3.17. The minimum absolute atomic E-state index is 0.225.